The van der Waals surface area contributed by atoms with Gasteiger partial charge < -0.3 is 11.1 Å². The van der Waals surface area contributed by atoms with Gasteiger partial charge in [-0.15, -0.1) is 0 Å². The van der Waals surface area contributed by atoms with Crippen molar-refractivity contribution in [3.8, 4) is 0 Å². The molecule has 2 heterocycles. The molecule has 0 atom stereocenters. The molecule has 0 radical (unpaired) electrons. The van der Waals surface area contributed by atoms with Gasteiger partial charge in [-0.25, -0.2) is 4.98 Å². The van der Waals surface area contributed by atoms with Gasteiger partial charge in [0.15, 0.2) is 11.6 Å². The van der Waals surface area contributed by atoms with E-state index in [2.05, 4.69) is 15.3 Å². The summed E-state index contributed by atoms with van der Waals surface area (Å²) in [5, 5.41) is 3.11. The van der Waals surface area contributed by atoms with Gasteiger partial charge in [0.2, 0.25) is 0 Å². The number of pyridine rings is 2. The molecule has 0 amide bonds. The van der Waals surface area contributed by atoms with Gasteiger partial charge in [0.25, 0.3) is 0 Å². The van der Waals surface area contributed by atoms with Gasteiger partial charge in [0, 0.05) is 29.7 Å². The number of carbonyl (C=O) groups excluding carboxylic acids is 1. The molecule has 0 aliphatic heterocycles. The third kappa shape index (κ3) is 2.78. The summed E-state index contributed by atoms with van der Waals surface area (Å²) >= 11 is 0. The lowest BCUT2D eigenvalue weighted by atomic mass is 10.0. The van der Waals surface area contributed by atoms with Crippen LogP contribution in [0.2, 0.25) is 0 Å². The number of carbonyl (C=O) groups is 1. The first-order valence-electron chi connectivity index (χ1n) is 6.77. The van der Waals surface area contributed by atoms with Gasteiger partial charge in [-0.2, -0.15) is 0 Å². The molecule has 22 heavy (non-hydrogen) atoms. The third-order valence-corrected chi connectivity index (χ3v) is 3.19. The molecular formula is C17H14N4O. The van der Waals surface area contributed by atoms with Crippen LogP contribution in [0.15, 0.2) is 67.1 Å². The summed E-state index contributed by atoms with van der Waals surface area (Å²) in [6, 6.07) is 14.2. The highest BCUT2D eigenvalue weighted by Crippen LogP contribution is 2.24. The molecule has 5 nitrogen and oxygen atoms in total. The van der Waals surface area contributed by atoms with E-state index >= 15 is 0 Å². The largest absolute Gasteiger partial charge is 0.396 e. The van der Waals surface area contributed by atoms with E-state index < -0.39 is 0 Å². The maximum Gasteiger partial charge on any atom is 0.196 e. The monoisotopic (exact) mass is 290 g/mol. The van der Waals surface area contributed by atoms with E-state index in [-0.39, 0.29) is 5.78 Å². The summed E-state index contributed by atoms with van der Waals surface area (Å²) in [7, 11) is 0. The van der Waals surface area contributed by atoms with Crippen LogP contribution < -0.4 is 11.1 Å². The summed E-state index contributed by atoms with van der Waals surface area (Å²) in [4.78, 5) is 20.8. The predicted octanol–water partition coefficient (Wildman–Crippen LogP) is 3.03. The highest BCUT2D eigenvalue weighted by molar-refractivity contribution is 6.12. The lowest BCUT2D eigenvalue weighted by molar-refractivity contribution is 0.103. The van der Waals surface area contributed by atoms with E-state index in [1.54, 1.807) is 48.9 Å². The van der Waals surface area contributed by atoms with Gasteiger partial charge in [0.05, 0.1) is 11.4 Å². The fourth-order valence-electron chi connectivity index (χ4n) is 2.09. The Hall–Kier alpha value is -3.21. The first kappa shape index (κ1) is 13.8. The normalized spacial score (nSPS) is 10.2. The van der Waals surface area contributed by atoms with Gasteiger partial charge in [-0.1, -0.05) is 12.1 Å². The predicted molar refractivity (Wildman–Crippen MR) is 86.0 cm³/mol. The number of nitrogens with zero attached hydrogens (tertiary/aromatic N) is 2. The fourth-order valence-corrected chi connectivity index (χ4v) is 2.09. The van der Waals surface area contributed by atoms with Crippen LogP contribution in [0.1, 0.15) is 15.9 Å². The second-order valence-electron chi connectivity index (χ2n) is 4.68. The van der Waals surface area contributed by atoms with Crippen LogP contribution >= 0.6 is 0 Å². The number of nitrogen functional groups attached to an aromatic ring is 1. The zero-order valence-corrected chi connectivity index (χ0v) is 11.7. The van der Waals surface area contributed by atoms with Crippen molar-refractivity contribution in [1.29, 1.82) is 0 Å². The molecule has 3 N–H and O–H groups in total. The van der Waals surface area contributed by atoms with Gasteiger partial charge in [-0.05, 0) is 36.4 Å². The van der Waals surface area contributed by atoms with Crippen LogP contribution in [0, 0.1) is 0 Å². The molecule has 0 saturated carbocycles. The van der Waals surface area contributed by atoms with E-state index in [1.165, 1.54) is 0 Å². The van der Waals surface area contributed by atoms with Crippen LogP contribution in [0.25, 0.3) is 0 Å². The second kappa shape index (κ2) is 6.05. The Morgan fingerprint density at radius 2 is 1.82 bits per heavy atom. The SMILES string of the molecule is Nc1cccnc1Nc1ccccc1C(=O)c1cccnc1. The lowest BCUT2D eigenvalue weighted by Crippen LogP contribution is -2.07. The smallest absolute Gasteiger partial charge is 0.196 e. The summed E-state index contributed by atoms with van der Waals surface area (Å²) < 4.78 is 0. The molecule has 3 aromatic rings. The van der Waals surface area contributed by atoms with Gasteiger partial charge in [0.1, 0.15) is 0 Å². The molecule has 1 aromatic carbocycles. The molecule has 0 fully saturated rings. The Labute approximate surface area is 127 Å². The number of nitrogens with one attached hydrogen (secondary N) is 1. The van der Waals surface area contributed by atoms with E-state index in [0.29, 0.717) is 28.3 Å². The molecule has 0 saturated heterocycles. The minimum atomic E-state index is -0.106. The zero-order chi connectivity index (χ0) is 15.4. The third-order valence-electron chi connectivity index (χ3n) is 3.19. The van der Waals surface area contributed by atoms with Crippen molar-refractivity contribution in [2.45, 2.75) is 0 Å². The number of aromatic nitrogens is 2. The summed E-state index contributed by atoms with van der Waals surface area (Å²) in [6.07, 6.45) is 4.83. The standard InChI is InChI=1S/C17H14N4O/c18-14-7-4-10-20-17(14)21-15-8-2-1-6-13(15)16(22)12-5-3-9-19-11-12/h1-11H,18H2,(H,20,21). The molecule has 3 rings (SSSR count). The Balaban J connectivity index is 1.97. The second-order valence-corrected chi connectivity index (χ2v) is 4.68. The Bertz CT molecular complexity index is 803. The molecule has 108 valence electrons. The average molecular weight is 290 g/mol. The maximum absolute atomic E-state index is 12.6. The molecule has 0 aliphatic rings. The first-order chi connectivity index (χ1) is 10.8. The lowest BCUT2D eigenvalue weighted by Gasteiger charge is -2.12. The van der Waals surface area contributed by atoms with Gasteiger partial charge in [-0.3, -0.25) is 9.78 Å². The number of hydrogen-bond acceptors (Lipinski definition) is 5. The van der Waals surface area contributed by atoms with Gasteiger partial charge >= 0.3 is 0 Å². The molecule has 0 bridgehead atoms. The first-order valence-corrected chi connectivity index (χ1v) is 6.77. The van der Waals surface area contributed by atoms with E-state index in [4.69, 9.17) is 5.73 Å². The zero-order valence-electron chi connectivity index (χ0n) is 11.7. The minimum absolute atomic E-state index is 0.106. The number of anilines is 3. The average Bonchev–Trinajstić information content (AvgIpc) is 2.58. The van der Waals surface area contributed by atoms with Crippen molar-refractivity contribution in [1.82, 2.24) is 9.97 Å². The highest BCUT2D eigenvalue weighted by atomic mass is 16.1. The summed E-state index contributed by atoms with van der Waals surface area (Å²) in [5.41, 5.74) is 8.14. The molecule has 5 heteroatoms. The number of para-hydroxylation sites is 1. The number of benzene rings is 1. The number of rotatable bonds is 4. The van der Waals surface area contributed by atoms with Crippen LogP contribution in [-0.4, -0.2) is 15.8 Å². The van der Waals surface area contributed by atoms with E-state index in [1.807, 2.05) is 18.2 Å². The van der Waals surface area contributed by atoms with Crippen LogP contribution in [0.5, 0.6) is 0 Å². The van der Waals surface area contributed by atoms with Crippen LogP contribution in [0.4, 0.5) is 17.2 Å². The molecule has 0 unspecified atom stereocenters. The highest BCUT2D eigenvalue weighted by Gasteiger charge is 2.14. The molecule has 0 aliphatic carbocycles. The summed E-state index contributed by atoms with van der Waals surface area (Å²) in [5.74, 6) is 0.416. The molecular weight excluding hydrogens is 276 g/mol. The number of nitrogens with two attached hydrogens (primary N) is 1. The number of hydrogen-bond donors (Lipinski definition) is 2. The van der Waals surface area contributed by atoms with Crippen LogP contribution in [0.3, 0.4) is 0 Å². The topological polar surface area (TPSA) is 80.9 Å². The summed E-state index contributed by atoms with van der Waals surface area (Å²) in [6.45, 7) is 0. The van der Waals surface area contributed by atoms with Crippen molar-refractivity contribution >= 4 is 23.0 Å². The maximum atomic E-state index is 12.6. The molecule has 2 aromatic heterocycles. The minimum Gasteiger partial charge on any atom is -0.396 e. The van der Waals surface area contributed by atoms with Crippen molar-refractivity contribution in [3.05, 3.63) is 78.2 Å². The van der Waals surface area contributed by atoms with Crippen molar-refractivity contribution < 1.29 is 4.79 Å². The molecule has 0 spiro atoms. The quantitative estimate of drug-likeness (QED) is 0.722. The fraction of sp³-hybridized carbons (Fsp3) is 0. The van der Waals surface area contributed by atoms with Crippen molar-refractivity contribution in [3.63, 3.8) is 0 Å². The Kier molecular flexibility index (Phi) is 3.78. The van der Waals surface area contributed by atoms with E-state index in [0.717, 1.165) is 0 Å². The van der Waals surface area contributed by atoms with Crippen molar-refractivity contribution in [2.24, 2.45) is 0 Å². The Morgan fingerprint density at radius 1 is 1.00 bits per heavy atom. The van der Waals surface area contributed by atoms with E-state index in [9.17, 15) is 4.79 Å². The van der Waals surface area contributed by atoms with Crippen LogP contribution in [-0.2, 0) is 0 Å². The van der Waals surface area contributed by atoms with Crippen molar-refractivity contribution in [2.75, 3.05) is 11.1 Å². The number of ketones is 1. The Morgan fingerprint density at radius 3 is 2.59 bits per heavy atom.